The molecule has 2 fully saturated rings. The largest absolute Gasteiger partial charge is 0.448 e. The van der Waals surface area contributed by atoms with E-state index in [2.05, 4.69) is 30.7 Å². The fraction of sp³-hybridized carbons (Fsp3) is 0.875. The number of hydrogen-bond donors (Lipinski definition) is 0. The molecule has 2 rings (SSSR count). The first-order chi connectivity index (χ1) is 10.5. The number of rotatable bonds is 2. The first kappa shape index (κ1) is 17.2. The third kappa shape index (κ3) is 5.25. The van der Waals surface area contributed by atoms with Crippen molar-refractivity contribution >= 4 is 11.9 Å². The lowest BCUT2D eigenvalue weighted by Crippen LogP contribution is -2.46. The number of carbonyl (C=O) groups is 1. The fourth-order valence-corrected chi connectivity index (χ4v) is 2.73. The van der Waals surface area contributed by atoms with Gasteiger partial charge in [0.05, 0.1) is 26.4 Å². The molecule has 0 aliphatic carbocycles. The molecule has 0 saturated carbocycles. The Balaban J connectivity index is 1.93. The molecule has 6 nitrogen and oxygen atoms in total. The molecule has 2 saturated heterocycles. The van der Waals surface area contributed by atoms with E-state index in [0.717, 1.165) is 38.4 Å². The smallest absolute Gasteiger partial charge is 0.435 e. The Labute approximate surface area is 132 Å². The highest BCUT2D eigenvalue weighted by Gasteiger charge is 2.28. The summed E-state index contributed by atoms with van der Waals surface area (Å²) in [7, 11) is 0. The van der Waals surface area contributed by atoms with E-state index in [1.54, 1.807) is 0 Å². The summed E-state index contributed by atoms with van der Waals surface area (Å²) in [6.07, 6.45) is 1.58. The Hall–Kier alpha value is -1.14. The number of ether oxygens (including phenoxy) is 3. The molecular weight excluding hydrogens is 284 g/mol. The maximum atomic E-state index is 12.1. The van der Waals surface area contributed by atoms with E-state index in [0.29, 0.717) is 32.3 Å². The van der Waals surface area contributed by atoms with Crippen molar-refractivity contribution < 1.29 is 19.0 Å². The zero-order valence-corrected chi connectivity index (χ0v) is 14.0. The van der Waals surface area contributed by atoms with Crippen molar-refractivity contribution in [3.63, 3.8) is 0 Å². The Morgan fingerprint density at radius 3 is 2.55 bits per heavy atom. The van der Waals surface area contributed by atoms with Crippen LogP contribution in [-0.2, 0) is 14.2 Å². The zero-order valence-electron chi connectivity index (χ0n) is 14.0. The van der Waals surface area contributed by atoms with Gasteiger partial charge < -0.3 is 19.1 Å². The summed E-state index contributed by atoms with van der Waals surface area (Å²) in [5.74, 6) is 1.08. The van der Waals surface area contributed by atoms with E-state index in [-0.39, 0.29) is 5.41 Å². The zero-order chi connectivity index (χ0) is 16.0. The number of nitrogens with zero attached hydrogens (tertiary/aromatic N) is 2. The first-order valence-corrected chi connectivity index (χ1v) is 8.13. The van der Waals surface area contributed by atoms with Crippen molar-refractivity contribution in [3.05, 3.63) is 0 Å². The molecule has 2 aliphatic rings. The average Bonchev–Trinajstić information content (AvgIpc) is 2.51. The summed E-state index contributed by atoms with van der Waals surface area (Å²) < 4.78 is 16.1. The molecule has 1 atom stereocenters. The van der Waals surface area contributed by atoms with Gasteiger partial charge in [0.25, 0.3) is 0 Å². The highest BCUT2D eigenvalue weighted by Crippen LogP contribution is 2.21. The van der Waals surface area contributed by atoms with E-state index in [4.69, 9.17) is 14.2 Å². The van der Waals surface area contributed by atoms with Crippen molar-refractivity contribution in [3.8, 4) is 0 Å². The van der Waals surface area contributed by atoms with Gasteiger partial charge in [-0.15, -0.1) is 0 Å². The highest BCUT2D eigenvalue weighted by atomic mass is 16.5. The molecule has 0 aromatic rings. The Kier molecular flexibility index (Phi) is 6.20. The maximum Gasteiger partial charge on any atom is 0.435 e. The van der Waals surface area contributed by atoms with Gasteiger partial charge >= 0.3 is 6.09 Å². The molecule has 126 valence electrons. The van der Waals surface area contributed by atoms with E-state index in [9.17, 15) is 4.79 Å². The number of hydrogen-bond acceptors (Lipinski definition) is 4. The second-order valence-electron chi connectivity index (χ2n) is 6.94. The summed E-state index contributed by atoms with van der Waals surface area (Å²) >= 11 is 0. The normalized spacial score (nSPS) is 24.2. The van der Waals surface area contributed by atoms with Gasteiger partial charge in [0, 0.05) is 31.0 Å². The van der Waals surface area contributed by atoms with Crippen LogP contribution in [0.5, 0.6) is 0 Å². The molecule has 2 aliphatic heterocycles. The third-order valence-corrected chi connectivity index (χ3v) is 3.88. The molecule has 22 heavy (non-hydrogen) atoms. The molecule has 0 spiro atoms. The Morgan fingerprint density at radius 1 is 1.23 bits per heavy atom. The molecule has 0 bridgehead atoms. The van der Waals surface area contributed by atoms with Crippen LogP contribution in [0, 0.1) is 11.3 Å². The predicted molar refractivity (Wildman–Crippen MR) is 84.2 cm³/mol. The van der Waals surface area contributed by atoms with Crippen LogP contribution in [0.1, 0.15) is 33.6 Å². The van der Waals surface area contributed by atoms with Crippen LogP contribution < -0.4 is 0 Å². The topological polar surface area (TPSA) is 60.4 Å². The van der Waals surface area contributed by atoms with Gasteiger partial charge in [-0.25, -0.2) is 4.79 Å². The van der Waals surface area contributed by atoms with E-state index < -0.39 is 6.09 Å². The minimum absolute atomic E-state index is 0.204. The molecule has 1 amide bonds. The van der Waals surface area contributed by atoms with Gasteiger partial charge in [-0.2, -0.15) is 4.99 Å². The van der Waals surface area contributed by atoms with Crippen LogP contribution in [0.2, 0.25) is 0 Å². The van der Waals surface area contributed by atoms with Gasteiger partial charge in [-0.3, -0.25) is 0 Å². The molecule has 2 heterocycles. The second kappa shape index (κ2) is 7.92. The Morgan fingerprint density at radius 2 is 1.95 bits per heavy atom. The molecule has 0 aromatic carbocycles. The van der Waals surface area contributed by atoms with Crippen molar-refractivity contribution in [2.75, 3.05) is 46.1 Å². The number of amidine groups is 1. The standard InChI is InChI=1S/C16H28N2O4/c1-16(2,3)14(18-6-9-20-10-7-18)17-15(19)22-12-13-5-4-8-21-11-13/h13H,4-12H2,1-3H3/b17-14-. The van der Waals surface area contributed by atoms with Crippen LogP contribution in [0.4, 0.5) is 4.79 Å². The van der Waals surface area contributed by atoms with Crippen LogP contribution in [0.15, 0.2) is 4.99 Å². The lowest BCUT2D eigenvalue weighted by atomic mass is 9.93. The van der Waals surface area contributed by atoms with Gasteiger partial charge in [-0.05, 0) is 12.8 Å². The van der Waals surface area contributed by atoms with Gasteiger partial charge in [0.1, 0.15) is 5.84 Å². The minimum Gasteiger partial charge on any atom is -0.448 e. The third-order valence-electron chi connectivity index (χ3n) is 3.88. The van der Waals surface area contributed by atoms with Crippen LogP contribution in [0.3, 0.4) is 0 Å². The second-order valence-corrected chi connectivity index (χ2v) is 6.94. The molecule has 0 radical (unpaired) electrons. The fourth-order valence-electron chi connectivity index (χ4n) is 2.73. The maximum absolute atomic E-state index is 12.1. The van der Waals surface area contributed by atoms with E-state index in [1.807, 2.05) is 0 Å². The highest BCUT2D eigenvalue weighted by molar-refractivity contribution is 5.95. The summed E-state index contributed by atoms with van der Waals surface area (Å²) in [6.45, 7) is 10.9. The van der Waals surface area contributed by atoms with E-state index >= 15 is 0 Å². The Bertz CT molecular complexity index is 391. The summed E-state index contributed by atoms with van der Waals surface area (Å²) in [5.41, 5.74) is -0.204. The molecule has 0 aromatic heterocycles. The quantitative estimate of drug-likeness (QED) is 0.578. The van der Waals surface area contributed by atoms with Gasteiger partial charge in [0.15, 0.2) is 0 Å². The van der Waals surface area contributed by atoms with Crippen molar-refractivity contribution in [1.29, 1.82) is 0 Å². The number of morpholine rings is 1. The molecule has 0 N–H and O–H groups in total. The van der Waals surface area contributed by atoms with Crippen molar-refractivity contribution in [1.82, 2.24) is 4.90 Å². The minimum atomic E-state index is -0.498. The summed E-state index contributed by atoms with van der Waals surface area (Å²) in [5, 5.41) is 0. The number of aliphatic imine (C=N–C) groups is 1. The lowest BCUT2D eigenvalue weighted by molar-refractivity contribution is 0.0250. The van der Waals surface area contributed by atoms with Crippen LogP contribution >= 0.6 is 0 Å². The number of amides is 1. The van der Waals surface area contributed by atoms with Crippen molar-refractivity contribution in [2.45, 2.75) is 33.6 Å². The first-order valence-electron chi connectivity index (χ1n) is 8.13. The molecule has 1 unspecified atom stereocenters. The average molecular weight is 312 g/mol. The van der Waals surface area contributed by atoms with E-state index in [1.165, 1.54) is 0 Å². The molecular formula is C16H28N2O4. The summed E-state index contributed by atoms with van der Waals surface area (Å²) in [4.78, 5) is 18.4. The van der Waals surface area contributed by atoms with Gasteiger partial charge in [-0.1, -0.05) is 20.8 Å². The monoisotopic (exact) mass is 312 g/mol. The van der Waals surface area contributed by atoms with Crippen molar-refractivity contribution in [2.24, 2.45) is 16.3 Å². The summed E-state index contributed by atoms with van der Waals surface area (Å²) in [6, 6.07) is 0. The number of carbonyl (C=O) groups excluding carboxylic acids is 1. The SMILES string of the molecule is CC(C)(C)/C(=N/C(=O)OCC1CCCOC1)N1CCOCC1. The lowest BCUT2D eigenvalue weighted by Gasteiger charge is -2.35. The van der Waals surface area contributed by atoms with Crippen LogP contribution in [0.25, 0.3) is 0 Å². The van der Waals surface area contributed by atoms with Crippen LogP contribution in [-0.4, -0.2) is 63.0 Å². The predicted octanol–water partition coefficient (Wildman–Crippen LogP) is 2.33. The molecule has 6 heteroatoms. The van der Waals surface area contributed by atoms with Gasteiger partial charge in [0.2, 0.25) is 0 Å².